The van der Waals surface area contributed by atoms with Gasteiger partial charge in [-0.3, -0.25) is 0 Å². The summed E-state index contributed by atoms with van der Waals surface area (Å²) in [5.74, 6) is -1.13. The fourth-order valence-electron chi connectivity index (χ4n) is 1.58. The van der Waals surface area contributed by atoms with Crippen molar-refractivity contribution in [2.24, 2.45) is 0 Å². The number of carboxylic acids is 1. The zero-order valence-electron chi connectivity index (χ0n) is 9.85. The van der Waals surface area contributed by atoms with E-state index in [4.69, 9.17) is 10.2 Å². The van der Waals surface area contributed by atoms with Crippen LogP contribution in [0, 0.1) is 0 Å². The van der Waals surface area contributed by atoms with Gasteiger partial charge in [-0.25, -0.2) is 9.59 Å². The number of hydrogen-bond donors (Lipinski definition) is 3. The van der Waals surface area contributed by atoms with Crippen LogP contribution in [0.2, 0.25) is 0 Å². The molecule has 0 aromatic heterocycles. The normalized spacial score (nSPS) is 17.3. The molecule has 0 saturated heterocycles. The number of carbonyl (C=O) groups excluding carboxylic acids is 1. The predicted octanol–water partition coefficient (Wildman–Crippen LogP) is 0.184. The van der Waals surface area contributed by atoms with Crippen LogP contribution in [0.4, 0.5) is 4.79 Å². The monoisotopic (exact) mass is 242 g/mol. The lowest BCUT2D eigenvalue weighted by molar-refractivity contribution is -0.139. The standard InChI is InChI=1S/C11H18N2O4/c1-8-2-5-13(6-3-8)11(17)12-9(4-7-14)10(15)16/h2,9,14H,3-7H2,1H3,(H,12,17)(H,15,16)/t9-/m0/s1. The van der Waals surface area contributed by atoms with Gasteiger partial charge in [-0.15, -0.1) is 0 Å². The maximum atomic E-state index is 11.7. The second kappa shape index (κ2) is 6.24. The lowest BCUT2D eigenvalue weighted by Gasteiger charge is -2.27. The molecule has 1 aliphatic rings. The second-order valence-electron chi connectivity index (χ2n) is 4.10. The van der Waals surface area contributed by atoms with Gasteiger partial charge in [0.2, 0.25) is 0 Å². The number of aliphatic hydroxyl groups is 1. The summed E-state index contributed by atoms with van der Waals surface area (Å²) < 4.78 is 0. The van der Waals surface area contributed by atoms with Crippen molar-refractivity contribution in [3.63, 3.8) is 0 Å². The molecule has 1 atom stereocenters. The highest BCUT2D eigenvalue weighted by atomic mass is 16.4. The summed E-state index contributed by atoms with van der Waals surface area (Å²) in [5, 5.41) is 19.9. The fourth-order valence-corrected chi connectivity index (χ4v) is 1.58. The van der Waals surface area contributed by atoms with E-state index in [1.807, 2.05) is 13.0 Å². The third kappa shape index (κ3) is 4.07. The van der Waals surface area contributed by atoms with E-state index >= 15 is 0 Å². The molecular weight excluding hydrogens is 224 g/mol. The molecule has 1 aliphatic heterocycles. The number of aliphatic hydroxyl groups excluding tert-OH is 1. The van der Waals surface area contributed by atoms with Gasteiger partial charge in [0.1, 0.15) is 6.04 Å². The maximum Gasteiger partial charge on any atom is 0.326 e. The van der Waals surface area contributed by atoms with Gasteiger partial charge < -0.3 is 20.4 Å². The lowest BCUT2D eigenvalue weighted by Crippen LogP contribution is -2.49. The highest BCUT2D eigenvalue weighted by molar-refractivity contribution is 5.82. The molecule has 3 N–H and O–H groups in total. The number of nitrogens with zero attached hydrogens (tertiary/aromatic N) is 1. The van der Waals surface area contributed by atoms with Crippen LogP contribution < -0.4 is 5.32 Å². The third-order valence-corrected chi connectivity index (χ3v) is 2.74. The molecule has 6 nitrogen and oxygen atoms in total. The Morgan fingerprint density at radius 1 is 1.59 bits per heavy atom. The van der Waals surface area contributed by atoms with Crippen molar-refractivity contribution in [1.29, 1.82) is 0 Å². The number of nitrogens with one attached hydrogen (secondary N) is 1. The summed E-state index contributed by atoms with van der Waals surface area (Å²) in [6.07, 6.45) is 2.78. The van der Waals surface area contributed by atoms with E-state index < -0.39 is 18.0 Å². The highest BCUT2D eigenvalue weighted by Gasteiger charge is 2.23. The molecule has 0 aliphatic carbocycles. The van der Waals surface area contributed by atoms with E-state index in [0.29, 0.717) is 13.1 Å². The van der Waals surface area contributed by atoms with Crippen molar-refractivity contribution in [1.82, 2.24) is 10.2 Å². The first kappa shape index (κ1) is 13.5. The summed E-state index contributed by atoms with van der Waals surface area (Å²) in [6.45, 7) is 2.83. The molecule has 2 amide bonds. The van der Waals surface area contributed by atoms with Crippen molar-refractivity contribution in [3.05, 3.63) is 11.6 Å². The van der Waals surface area contributed by atoms with E-state index in [-0.39, 0.29) is 13.0 Å². The smallest absolute Gasteiger partial charge is 0.326 e. The van der Waals surface area contributed by atoms with Gasteiger partial charge in [-0.2, -0.15) is 0 Å². The molecule has 17 heavy (non-hydrogen) atoms. The molecule has 0 aromatic carbocycles. The molecular formula is C11H18N2O4. The summed E-state index contributed by atoms with van der Waals surface area (Å²) in [7, 11) is 0. The summed E-state index contributed by atoms with van der Waals surface area (Å²) in [4.78, 5) is 24.1. The van der Waals surface area contributed by atoms with E-state index in [9.17, 15) is 9.59 Å². The Morgan fingerprint density at radius 2 is 2.29 bits per heavy atom. The summed E-state index contributed by atoms with van der Waals surface area (Å²) >= 11 is 0. The Morgan fingerprint density at radius 3 is 2.76 bits per heavy atom. The number of carboxylic acid groups (broad SMARTS) is 1. The Hall–Kier alpha value is -1.56. The van der Waals surface area contributed by atoms with Gasteiger partial charge in [0, 0.05) is 26.1 Å². The zero-order valence-corrected chi connectivity index (χ0v) is 9.85. The van der Waals surface area contributed by atoms with Gasteiger partial charge in [-0.1, -0.05) is 11.6 Å². The van der Waals surface area contributed by atoms with Crippen LogP contribution in [-0.2, 0) is 4.79 Å². The summed E-state index contributed by atoms with van der Waals surface area (Å²) in [5.41, 5.74) is 1.24. The number of aliphatic carboxylic acids is 1. The molecule has 96 valence electrons. The van der Waals surface area contributed by atoms with Crippen LogP contribution in [0.3, 0.4) is 0 Å². The minimum Gasteiger partial charge on any atom is -0.480 e. The first-order valence-corrected chi connectivity index (χ1v) is 5.59. The molecule has 1 heterocycles. The number of amides is 2. The molecule has 0 spiro atoms. The minimum atomic E-state index is -1.13. The van der Waals surface area contributed by atoms with Crippen molar-refractivity contribution >= 4 is 12.0 Å². The first-order valence-electron chi connectivity index (χ1n) is 5.59. The minimum absolute atomic E-state index is 0.0176. The van der Waals surface area contributed by atoms with E-state index in [1.54, 1.807) is 4.90 Å². The van der Waals surface area contributed by atoms with Gasteiger partial charge in [0.15, 0.2) is 0 Å². The Balaban J connectivity index is 2.50. The van der Waals surface area contributed by atoms with Crippen LogP contribution in [0.25, 0.3) is 0 Å². The number of hydrogen-bond acceptors (Lipinski definition) is 3. The molecule has 0 saturated carbocycles. The highest BCUT2D eigenvalue weighted by Crippen LogP contribution is 2.09. The van der Waals surface area contributed by atoms with Crippen LogP contribution >= 0.6 is 0 Å². The van der Waals surface area contributed by atoms with Gasteiger partial charge >= 0.3 is 12.0 Å². The number of rotatable bonds is 4. The number of urea groups is 1. The maximum absolute atomic E-state index is 11.7. The Labute approximate surface area is 99.9 Å². The third-order valence-electron chi connectivity index (χ3n) is 2.74. The van der Waals surface area contributed by atoms with E-state index in [1.165, 1.54) is 5.57 Å². The predicted molar refractivity (Wildman–Crippen MR) is 61.6 cm³/mol. The largest absolute Gasteiger partial charge is 0.480 e. The van der Waals surface area contributed by atoms with Crippen LogP contribution in [-0.4, -0.2) is 52.9 Å². The SMILES string of the molecule is CC1=CCN(C(=O)N[C@@H](CCO)C(=O)O)CC1. The molecule has 1 rings (SSSR count). The Bertz CT molecular complexity index is 327. The topological polar surface area (TPSA) is 89.9 Å². The average Bonchev–Trinajstić information content (AvgIpc) is 2.29. The molecule has 0 aromatic rings. The Kier molecular flexibility index (Phi) is 4.96. The average molecular weight is 242 g/mol. The molecule has 0 fully saturated rings. The lowest BCUT2D eigenvalue weighted by atomic mass is 10.1. The van der Waals surface area contributed by atoms with Crippen molar-refractivity contribution < 1.29 is 19.8 Å². The fraction of sp³-hybridized carbons (Fsp3) is 0.636. The van der Waals surface area contributed by atoms with Crippen molar-refractivity contribution in [2.45, 2.75) is 25.8 Å². The van der Waals surface area contributed by atoms with E-state index in [0.717, 1.165) is 6.42 Å². The van der Waals surface area contributed by atoms with Gasteiger partial charge in [0.25, 0.3) is 0 Å². The molecule has 0 bridgehead atoms. The first-order chi connectivity index (χ1) is 8.04. The summed E-state index contributed by atoms with van der Waals surface area (Å²) in [6, 6.07) is -1.42. The van der Waals surface area contributed by atoms with Gasteiger partial charge in [0.05, 0.1) is 0 Å². The van der Waals surface area contributed by atoms with Crippen LogP contribution in [0.5, 0.6) is 0 Å². The second-order valence-corrected chi connectivity index (χ2v) is 4.10. The van der Waals surface area contributed by atoms with Gasteiger partial charge in [-0.05, 0) is 13.3 Å². The van der Waals surface area contributed by atoms with Crippen molar-refractivity contribution in [3.8, 4) is 0 Å². The quantitative estimate of drug-likeness (QED) is 0.614. The molecule has 0 unspecified atom stereocenters. The zero-order chi connectivity index (χ0) is 12.8. The molecule has 6 heteroatoms. The van der Waals surface area contributed by atoms with E-state index in [2.05, 4.69) is 5.32 Å². The molecule has 0 radical (unpaired) electrons. The van der Waals surface area contributed by atoms with Crippen LogP contribution in [0.1, 0.15) is 19.8 Å². The van der Waals surface area contributed by atoms with Crippen LogP contribution in [0.15, 0.2) is 11.6 Å². The van der Waals surface area contributed by atoms with Crippen molar-refractivity contribution in [2.75, 3.05) is 19.7 Å². The number of carbonyl (C=O) groups is 2.